The molecule has 0 fully saturated rings. The predicted molar refractivity (Wildman–Crippen MR) is 81.1 cm³/mol. The summed E-state index contributed by atoms with van der Waals surface area (Å²) in [5.41, 5.74) is 3.77. The van der Waals surface area contributed by atoms with E-state index >= 15 is 0 Å². The molecule has 0 saturated carbocycles. The molecule has 1 aromatic carbocycles. The van der Waals surface area contributed by atoms with E-state index in [2.05, 4.69) is 56.7 Å². The minimum atomic E-state index is 0.893. The second-order valence-electron chi connectivity index (χ2n) is 4.38. The topological polar surface area (TPSA) is 24.9 Å². The maximum Gasteiger partial charge on any atom is 0.0897 e. The number of halogens is 1. The summed E-state index contributed by atoms with van der Waals surface area (Å²) < 4.78 is 1.18. The van der Waals surface area contributed by atoms with Gasteiger partial charge in [-0.1, -0.05) is 28.1 Å². The van der Waals surface area contributed by atoms with E-state index in [1.807, 2.05) is 6.92 Å². The third-order valence-electron chi connectivity index (χ3n) is 2.75. The molecule has 1 N–H and O–H groups in total. The Balaban J connectivity index is 1.78. The van der Waals surface area contributed by atoms with Gasteiger partial charge >= 0.3 is 0 Å². The quantitative estimate of drug-likeness (QED) is 0.845. The van der Waals surface area contributed by atoms with Gasteiger partial charge in [-0.15, -0.1) is 11.3 Å². The van der Waals surface area contributed by atoms with Crippen LogP contribution in [0.5, 0.6) is 0 Å². The molecular formula is C14H17BrN2S. The van der Waals surface area contributed by atoms with Crippen LogP contribution in [0.3, 0.4) is 0 Å². The van der Waals surface area contributed by atoms with E-state index in [1.54, 1.807) is 11.3 Å². The Morgan fingerprint density at radius 2 is 2.17 bits per heavy atom. The highest BCUT2D eigenvalue weighted by Crippen LogP contribution is 2.18. The molecule has 0 aliphatic rings. The second-order valence-corrected chi connectivity index (χ2v) is 6.30. The molecule has 96 valence electrons. The first kappa shape index (κ1) is 13.7. The minimum absolute atomic E-state index is 0.893. The first-order valence-corrected chi connectivity index (χ1v) is 7.69. The summed E-state index contributed by atoms with van der Waals surface area (Å²) in [7, 11) is 0. The van der Waals surface area contributed by atoms with Crippen LogP contribution in [0.2, 0.25) is 0 Å². The number of aryl methyl sites for hydroxylation is 2. The maximum atomic E-state index is 4.45. The van der Waals surface area contributed by atoms with E-state index in [-0.39, 0.29) is 0 Å². The van der Waals surface area contributed by atoms with Gasteiger partial charge in [-0.3, -0.25) is 0 Å². The Hall–Kier alpha value is -0.710. The van der Waals surface area contributed by atoms with Crippen molar-refractivity contribution >= 4 is 27.3 Å². The molecule has 0 saturated heterocycles. The zero-order valence-corrected chi connectivity index (χ0v) is 13.1. The fraction of sp³-hybridized carbons (Fsp3) is 0.357. The van der Waals surface area contributed by atoms with Crippen molar-refractivity contribution in [3.63, 3.8) is 0 Å². The average molecular weight is 325 g/mol. The van der Waals surface area contributed by atoms with Crippen LogP contribution in [0.1, 0.15) is 21.8 Å². The molecule has 0 unspecified atom stereocenters. The normalized spacial score (nSPS) is 10.8. The van der Waals surface area contributed by atoms with E-state index in [4.69, 9.17) is 0 Å². The summed E-state index contributed by atoms with van der Waals surface area (Å²) in [6.45, 7) is 6.00. The van der Waals surface area contributed by atoms with Crippen molar-refractivity contribution in [1.82, 2.24) is 10.3 Å². The molecular weight excluding hydrogens is 308 g/mol. The number of thiazole rings is 1. The van der Waals surface area contributed by atoms with E-state index in [0.29, 0.717) is 0 Å². The monoisotopic (exact) mass is 324 g/mol. The highest BCUT2D eigenvalue weighted by molar-refractivity contribution is 9.10. The molecule has 0 aliphatic carbocycles. The van der Waals surface area contributed by atoms with Crippen molar-refractivity contribution in [3.8, 4) is 0 Å². The second kappa shape index (κ2) is 6.45. The van der Waals surface area contributed by atoms with Crippen LogP contribution >= 0.6 is 27.3 Å². The smallest absolute Gasteiger partial charge is 0.0897 e. The minimum Gasteiger partial charge on any atom is -0.312 e. The van der Waals surface area contributed by atoms with E-state index in [1.165, 1.54) is 21.3 Å². The third kappa shape index (κ3) is 3.90. The third-order valence-corrected chi connectivity index (χ3v) is 4.31. The van der Waals surface area contributed by atoms with Crippen LogP contribution in [-0.2, 0) is 13.0 Å². The van der Waals surface area contributed by atoms with Crippen molar-refractivity contribution in [1.29, 1.82) is 0 Å². The summed E-state index contributed by atoms with van der Waals surface area (Å²) in [5, 5.41) is 6.74. The Bertz CT molecular complexity index is 522. The van der Waals surface area contributed by atoms with Crippen LogP contribution in [0.4, 0.5) is 0 Å². The summed E-state index contributed by atoms with van der Waals surface area (Å²) in [6.07, 6.45) is 0.994. The molecule has 2 nitrogen and oxygen atoms in total. The number of nitrogens with zero attached hydrogens (tertiary/aromatic N) is 1. The van der Waals surface area contributed by atoms with Crippen molar-refractivity contribution in [2.45, 2.75) is 26.8 Å². The Kier molecular flexibility index (Phi) is 4.92. The molecule has 2 rings (SSSR count). The van der Waals surface area contributed by atoms with Crippen molar-refractivity contribution in [2.75, 3.05) is 6.54 Å². The number of aromatic nitrogens is 1. The molecule has 0 spiro atoms. The van der Waals surface area contributed by atoms with Crippen LogP contribution < -0.4 is 5.32 Å². The van der Waals surface area contributed by atoms with Gasteiger partial charge in [0.25, 0.3) is 0 Å². The van der Waals surface area contributed by atoms with E-state index in [0.717, 1.165) is 24.5 Å². The van der Waals surface area contributed by atoms with Crippen LogP contribution in [0, 0.1) is 13.8 Å². The maximum absolute atomic E-state index is 4.45. The van der Waals surface area contributed by atoms with Gasteiger partial charge in [0.05, 0.1) is 10.7 Å². The van der Waals surface area contributed by atoms with Gasteiger partial charge < -0.3 is 5.32 Å². The molecule has 2 aromatic rings. The Labute approximate surface area is 121 Å². The molecule has 0 aliphatic heterocycles. The van der Waals surface area contributed by atoms with E-state index in [9.17, 15) is 0 Å². The van der Waals surface area contributed by atoms with Crippen molar-refractivity contribution in [2.24, 2.45) is 0 Å². The lowest BCUT2D eigenvalue weighted by molar-refractivity contribution is 0.679. The lowest BCUT2D eigenvalue weighted by Gasteiger charge is -2.07. The predicted octanol–water partition coefficient (Wildman–Crippen LogP) is 3.85. The van der Waals surface area contributed by atoms with Crippen LogP contribution in [-0.4, -0.2) is 11.5 Å². The molecule has 0 radical (unpaired) electrons. The SMILES string of the molecule is Cc1ccc(CNCCc2csc(C)n2)c(Br)c1. The number of hydrogen-bond acceptors (Lipinski definition) is 3. The fourth-order valence-electron chi connectivity index (χ4n) is 1.76. The number of hydrogen-bond donors (Lipinski definition) is 1. The zero-order valence-electron chi connectivity index (χ0n) is 10.7. The lowest BCUT2D eigenvalue weighted by atomic mass is 10.1. The molecule has 0 atom stereocenters. The van der Waals surface area contributed by atoms with Gasteiger partial charge in [0.2, 0.25) is 0 Å². The van der Waals surface area contributed by atoms with Gasteiger partial charge in [-0.2, -0.15) is 0 Å². The molecule has 0 bridgehead atoms. The highest BCUT2D eigenvalue weighted by Gasteiger charge is 2.01. The first-order valence-electron chi connectivity index (χ1n) is 6.02. The van der Waals surface area contributed by atoms with Crippen LogP contribution in [0.15, 0.2) is 28.1 Å². The van der Waals surface area contributed by atoms with E-state index < -0.39 is 0 Å². The van der Waals surface area contributed by atoms with Crippen LogP contribution in [0.25, 0.3) is 0 Å². The Morgan fingerprint density at radius 3 is 2.83 bits per heavy atom. The standard InChI is InChI=1S/C14H17BrN2S/c1-10-3-4-12(14(15)7-10)8-16-6-5-13-9-18-11(2)17-13/h3-4,7,9,16H,5-6,8H2,1-2H3. The van der Waals surface area contributed by atoms with Gasteiger partial charge in [0, 0.05) is 29.4 Å². The molecule has 0 amide bonds. The summed E-state index contributed by atoms with van der Waals surface area (Å²) in [5.74, 6) is 0. The molecule has 18 heavy (non-hydrogen) atoms. The summed E-state index contributed by atoms with van der Waals surface area (Å²) in [6, 6.07) is 6.46. The van der Waals surface area contributed by atoms with Crippen molar-refractivity contribution < 1.29 is 0 Å². The van der Waals surface area contributed by atoms with Gasteiger partial charge in [-0.25, -0.2) is 4.98 Å². The lowest BCUT2D eigenvalue weighted by Crippen LogP contribution is -2.17. The molecule has 4 heteroatoms. The Morgan fingerprint density at radius 1 is 1.33 bits per heavy atom. The van der Waals surface area contributed by atoms with Gasteiger partial charge in [0.15, 0.2) is 0 Å². The zero-order chi connectivity index (χ0) is 13.0. The summed E-state index contributed by atoms with van der Waals surface area (Å²) in [4.78, 5) is 4.45. The fourth-order valence-corrected chi connectivity index (χ4v) is 3.04. The average Bonchev–Trinajstić information content (AvgIpc) is 2.73. The molecule has 1 aromatic heterocycles. The van der Waals surface area contributed by atoms with Gasteiger partial charge in [0.1, 0.15) is 0 Å². The largest absolute Gasteiger partial charge is 0.312 e. The van der Waals surface area contributed by atoms with Gasteiger partial charge in [-0.05, 0) is 31.0 Å². The first-order chi connectivity index (χ1) is 8.65. The summed E-state index contributed by atoms with van der Waals surface area (Å²) >= 11 is 5.31. The molecule has 1 heterocycles. The number of nitrogens with one attached hydrogen (secondary N) is 1. The number of benzene rings is 1. The highest BCUT2D eigenvalue weighted by atomic mass is 79.9. The number of rotatable bonds is 5. The van der Waals surface area contributed by atoms with Crippen molar-refractivity contribution in [3.05, 3.63) is 49.9 Å².